The summed E-state index contributed by atoms with van der Waals surface area (Å²) in [6.45, 7) is 2.16. The van der Waals surface area contributed by atoms with Crippen molar-refractivity contribution in [3.05, 3.63) is 29.6 Å². The first-order valence-electron chi connectivity index (χ1n) is 5.58. The summed E-state index contributed by atoms with van der Waals surface area (Å²) in [5, 5.41) is 6.33. The fraction of sp³-hybridized carbons (Fsp3) is 0.500. The van der Waals surface area contributed by atoms with Gasteiger partial charge >= 0.3 is 0 Å². The largest absolute Gasteiger partial charge is 0.382 e. The minimum atomic E-state index is -0.621. The Labute approximate surface area is 94.0 Å². The van der Waals surface area contributed by atoms with Gasteiger partial charge in [-0.2, -0.15) is 0 Å². The molecule has 1 atom stereocenters. The highest BCUT2D eigenvalue weighted by molar-refractivity contribution is 5.46. The van der Waals surface area contributed by atoms with Crippen LogP contribution in [0.3, 0.4) is 0 Å². The molecule has 1 saturated heterocycles. The predicted molar refractivity (Wildman–Crippen MR) is 60.7 cm³/mol. The van der Waals surface area contributed by atoms with Crippen LogP contribution in [0.25, 0.3) is 0 Å². The molecule has 1 aliphatic heterocycles. The van der Waals surface area contributed by atoms with Crippen LogP contribution < -0.4 is 10.6 Å². The van der Waals surface area contributed by atoms with Gasteiger partial charge in [0, 0.05) is 6.54 Å². The fourth-order valence-corrected chi connectivity index (χ4v) is 1.93. The third-order valence-electron chi connectivity index (χ3n) is 2.93. The minimum absolute atomic E-state index is 0.374. The molecule has 88 valence electrons. The van der Waals surface area contributed by atoms with Gasteiger partial charge in [0.2, 0.25) is 0 Å². The van der Waals surface area contributed by atoms with Crippen molar-refractivity contribution >= 4 is 5.69 Å². The lowest BCUT2D eigenvalue weighted by Crippen LogP contribution is -2.17. The molecule has 0 spiro atoms. The van der Waals surface area contributed by atoms with E-state index in [-0.39, 0.29) is 5.82 Å². The van der Waals surface area contributed by atoms with Crippen LogP contribution in [-0.2, 0) is 6.67 Å². The number of rotatable bonds is 4. The molecule has 1 unspecified atom stereocenters. The average molecular weight is 226 g/mol. The highest BCUT2D eigenvalue weighted by Gasteiger charge is 2.14. The maximum Gasteiger partial charge on any atom is 0.146 e. The Hall–Kier alpha value is -1.16. The third-order valence-corrected chi connectivity index (χ3v) is 2.93. The van der Waals surface area contributed by atoms with Crippen LogP contribution in [0, 0.1) is 11.7 Å². The van der Waals surface area contributed by atoms with Crippen molar-refractivity contribution in [2.45, 2.75) is 13.1 Å². The molecule has 0 amide bonds. The van der Waals surface area contributed by atoms with Gasteiger partial charge in [-0.05, 0) is 43.1 Å². The molecule has 1 aromatic carbocycles. The normalized spacial score (nSPS) is 20.0. The van der Waals surface area contributed by atoms with E-state index < -0.39 is 6.67 Å². The molecule has 16 heavy (non-hydrogen) atoms. The number of anilines is 1. The van der Waals surface area contributed by atoms with Gasteiger partial charge in [0.25, 0.3) is 0 Å². The van der Waals surface area contributed by atoms with E-state index in [1.165, 1.54) is 6.07 Å². The van der Waals surface area contributed by atoms with Crippen LogP contribution >= 0.6 is 0 Å². The zero-order chi connectivity index (χ0) is 11.4. The van der Waals surface area contributed by atoms with E-state index in [9.17, 15) is 8.78 Å². The Balaban J connectivity index is 1.93. The standard InChI is InChI=1S/C12H16F2N2/c13-6-9-1-2-12(11(14)5-9)16-8-10-3-4-15-7-10/h1-2,5,10,15-16H,3-4,6-8H2. The number of nitrogens with one attached hydrogen (secondary N) is 2. The Morgan fingerprint density at radius 1 is 1.44 bits per heavy atom. The molecule has 0 bridgehead atoms. The van der Waals surface area contributed by atoms with Crippen molar-refractivity contribution in [1.29, 1.82) is 0 Å². The first kappa shape index (κ1) is 11.3. The Morgan fingerprint density at radius 2 is 2.31 bits per heavy atom. The first-order valence-corrected chi connectivity index (χ1v) is 5.58. The second-order valence-corrected chi connectivity index (χ2v) is 4.19. The summed E-state index contributed by atoms with van der Waals surface area (Å²) < 4.78 is 25.7. The van der Waals surface area contributed by atoms with Gasteiger partial charge in [-0.3, -0.25) is 0 Å². The van der Waals surface area contributed by atoms with E-state index in [2.05, 4.69) is 10.6 Å². The van der Waals surface area contributed by atoms with Gasteiger partial charge < -0.3 is 10.6 Å². The van der Waals surface area contributed by atoms with Crippen molar-refractivity contribution in [3.8, 4) is 0 Å². The topological polar surface area (TPSA) is 24.1 Å². The SMILES string of the molecule is FCc1ccc(NCC2CCNC2)c(F)c1. The van der Waals surface area contributed by atoms with Crippen LogP contribution in [0.2, 0.25) is 0 Å². The summed E-state index contributed by atoms with van der Waals surface area (Å²) in [5.74, 6) is 0.182. The quantitative estimate of drug-likeness (QED) is 0.823. The lowest BCUT2D eigenvalue weighted by molar-refractivity contribution is 0.482. The molecule has 1 fully saturated rings. The number of alkyl halides is 1. The maximum absolute atomic E-state index is 13.5. The predicted octanol–water partition coefficient (Wildman–Crippen LogP) is 2.32. The smallest absolute Gasteiger partial charge is 0.146 e. The van der Waals surface area contributed by atoms with Crippen molar-refractivity contribution in [2.24, 2.45) is 5.92 Å². The lowest BCUT2D eigenvalue weighted by Gasteiger charge is -2.12. The van der Waals surface area contributed by atoms with Crippen LogP contribution in [0.15, 0.2) is 18.2 Å². The van der Waals surface area contributed by atoms with Gasteiger partial charge in [-0.1, -0.05) is 6.07 Å². The summed E-state index contributed by atoms with van der Waals surface area (Å²) in [7, 11) is 0. The number of hydrogen-bond donors (Lipinski definition) is 2. The van der Waals surface area contributed by atoms with Crippen LogP contribution in [-0.4, -0.2) is 19.6 Å². The zero-order valence-corrected chi connectivity index (χ0v) is 9.10. The van der Waals surface area contributed by atoms with Gasteiger partial charge in [-0.25, -0.2) is 8.78 Å². The van der Waals surface area contributed by atoms with Crippen LogP contribution in [0.4, 0.5) is 14.5 Å². The second-order valence-electron chi connectivity index (χ2n) is 4.19. The van der Waals surface area contributed by atoms with E-state index in [0.29, 0.717) is 17.2 Å². The van der Waals surface area contributed by atoms with E-state index in [0.717, 1.165) is 26.1 Å². The molecule has 0 aromatic heterocycles. The summed E-state index contributed by atoms with van der Waals surface area (Å²) in [4.78, 5) is 0. The Morgan fingerprint density at radius 3 is 2.94 bits per heavy atom. The van der Waals surface area contributed by atoms with Crippen molar-refractivity contribution in [1.82, 2.24) is 5.32 Å². The molecule has 2 rings (SSSR count). The molecule has 2 N–H and O–H groups in total. The fourth-order valence-electron chi connectivity index (χ4n) is 1.93. The first-order chi connectivity index (χ1) is 7.79. The molecular formula is C12H16F2N2. The van der Waals surface area contributed by atoms with Gasteiger partial charge in [0.1, 0.15) is 12.5 Å². The summed E-state index contributed by atoms with van der Waals surface area (Å²) in [6.07, 6.45) is 1.12. The molecular weight excluding hydrogens is 210 g/mol. The van der Waals surface area contributed by atoms with E-state index in [1.807, 2.05) is 0 Å². The van der Waals surface area contributed by atoms with Gasteiger partial charge in [0.15, 0.2) is 0 Å². The molecule has 1 heterocycles. The van der Waals surface area contributed by atoms with Crippen molar-refractivity contribution < 1.29 is 8.78 Å². The zero-order valence-electron chi connectivity index (χ0n) is 9.10. The second kappa shape index (κ2) is 5.25. The van der Waals surface area contributed by atoms with Crippen molar-refractivity contribution in [3.63, 3.8) is 0 Å². The monoisotopic (exact) mass is 226 g/mol. The molecule has 1 aliphatic rings. The van der Waals surface area contributed by atoms with E-state index >= 15 is 0 Å². The molecule has 0 radical (unpaired) electrons. The van der Waals surface area contributed by atoms with Crippen LogP contribution in [0.1, 0.15) is 12.0 Å². The Kier molecular flexibility index (Phi) is 3.72. The average Bonchev–Trinajstić information content (AvgIpc) is 2.80. The molecule has 2 nitrogen and oxygen atoms in total. The number of hydrogen-bond acceptors (Lipinski definition) is 2. The maximum atomic E-state index is 13.5. The van der Waals surface area contributed by atoms with Crippen LogP contribution in [0.5, 0.6) is 0 Å². The molecule has 1 aromatic rings. The highest BCUT2D eigenvalue weighted by Crippen LogP contribution is 2.17. The molecule has 4 heteroatoms. The van der Waals surface area contributed by atoms with E-state index in [4.69, 9.17) is 0 Å². The summed E-state index contributed by atoms with van der Waals surface area (Å²) in [6, 6.07) is 4.46. The molecule has 0 saturated carbocycles. The number of halogens is 2. The highest BCUT2D eigenvalue weighted by atomic mass is 19.1. The Bertz CT molecular complexity index is 349. The summed E-state index contributed by atoms with van der Waals surface area (Å²) in [5.41, 5.74) is 0.842. The van der Waals surface area contributed by atoms with Gasteiger partial charge in [0.05, 0.1) is 5.69 Å². The summed E-state index contributed by atoms with van der Waals surface area (Å²) >= 11 is 0. The lowest BCUT2D eigenvalue weighted by atomic mass is 10.1. The molecule has 0 aliphatic carbocycles. The number of benzene rings is 1. The van der Waals surface area contributed by atoms with Crippen molar-refractivity contribution in [2.75, 3.05) is 25.0 Å². The van der Waals surface area contributed by atoms with Gasteiger partial charge in [-0.15, -0.1) is 0 Å². The minimum Gasteiger partial charge on any atom is -0.382 e. The third kappa shape index (κ3) is 2.70. The van der Waals surface area contributed by atoms with E-state index in [1.54, 1.807) is 12.1 Å².